The first kappa shape index (κ1) is 16.3. The summed E-state index contributed by atoms with van der Waals surface area (Å²) >= 11 is 0. The molecule has 0 heterocycles. The van der Waals surface area contributed by atoms with Crippen molar-refractivity contribution in [2.45, 2.75) is 90.6 Å². The van der Waals surface area contributed by atoms with E-state index in [1.807, 2.05) is 0 Å². The molecule has 2 saturated carbocycles. The van der Waals surface area contributed by atoms with Gasteiger partial charge in [-0.1, -0.05) is 40.5 Å². The summed E-state index contributed by atoms with van der Waals surface area (Å²) in [6.45, 7) is 11.7. The summed E-state index contributed by atoms with van der Waals surface area (Å²) < 4.78 is 0. The monoisotopic (exact) mass is 280 g/mol. The smallest absolute Gasteiger partial charge is 0.0335 e. The van der Waals surface area contributed by atoms with Crippen molar-refractivity contribution in [3.63, 3.8) is 0 Å². The van der Waals surface area contributed by atoms with Gasteiger partial charge in [-0.15, -0.1) is 0 Å². The standard InChI is InChI=1S/C18H36N2/c1-15(2)13-20(16-7-5-6-8-16)18(14-19)11-9-17(3,4)10-12-18/h15-16H,5-14,19H2,1-4H3. The highest BCUT2D eigenvalue weighted by molar-refractivity contribution is 5.01. The fourth-order valence-electron chi connectivity index (χ4n) is 4.34. The van der Waals surface area contributed by atoms with E-state index in [0.29, 0.717) is 11.0 Å². The normalized spacial score (nSPS) is 26.6. The predicted octanol–water partition coefficient (Wildman–Crippen LogP) is 4.18. The van der Waals surface area contributed by atoms with Crippen LogP contribution in [0.5, 0.6) is 0 Å². The summed E-state index contributed by atoms with van der Waals surface area (Å²) in [4.78, 5) is 2.86. The van der Waals surface area contributed by atoms with Gasteiger partial charge in [-0.3, -0.25) is 4.90 Å². The Hall–Kier alpha value is -0.0800. The van der Waals surface area contributed by atoms with E-state index in [2.05, 4.69) is 32.6 Å². The van der Waals surface area contributed by atoms with Gasteiger partial charge in [-0.05, 0) is 49.9 Å². The van der Waals surface area contributed by atoms with E-state index < -0.39 is 0 Å². The van der Waals surface area contributed by atoms with Crippen LogP contribution in [-0.4, -0.2) is 29.6 Å². The summed E-state index contributed by atoms with van der Waals surface area (Å²) in [6.07, 6.45) is 10.9. The first-order chi connectivity index (χ1) is 9.38. The molecule has 0 radical (unpaired) electrons. The van der Waals surface area contributed by atoms with E-state index >= 15 is 0 Å². The highest BCUT2D eigenvalue weighted by Gasteiger charge is 2.44. The molecule has 20 heavy (non-hydrogen) atoms. The summed E-state index contributed by atoms with van der Waals surface area (Å²) in [5, 5.41) is 0. The zero-order chi connectivity index (χ0) is 14.8. The van der Waals surface area contributed by atoms with Crippen molar-refractivity contribution in [2.75, 3.05) is 13.1 Å². The van der Waals surface area contributed by atoms with Crippen LogP contribution >= 0.6 is 0 Å². The average Bonchev–Trinajstić information content (AvgIpc) is 2.90. The summed E-state index contributed by atoms with van der Waals surface area (Å²) in [5.41, 5.74) is 7.16. The van der Waals surface area contributed by atoms with Gasteiger partial charge in [0.25, 0.3) is 0 Å². The Morgan fingerprint density at radius 1 is 1.05 bits per heavy atom. The zero-order valence-corrected chi connectivity index (χ0v) is 14.3. The van der Waals surface area contributed by atoms with E-state index in [9.17, 15) is 0 Å². The summed E-state index contributed by atoms with van der Waals surface area (Å²) in [7, 11) is 0. The Morgan fingerprint density at radius 3 is 2.05 bits per heavy atom. The van der Waals surface area contributed by atoms with Crippen LogP contribution in [0.1, 0.15) is 79.1 Å². The molecule has 2 heteroatoms. The van der Waals surface area contributed by atoms with Crippen LogP contribution in [0.25, 0.3) is 0 Å². The van der Waals surface area contributed by atoms with Crippen molar-refractivity contribution in [3.05, 3.63) is 0 Å². The fraction of sp³-hybridized carbons (Fsp3) is 1.00. The second-order valence-electron chi connectivity index (χ2n) is 8.58. The molecule has 2 nitrogen and oxygen atoms in total. The number of nitrogens with zero attached hydrogens (tertiary/aromatic N) is 1. The van der Waals surface area contributed by atoms with Crippen molar-refractivity contribution in [2.24, 2.45) is 17.1 Å². The second-order valence-corrected chi connectivity index (χ2v) is 8.58. The topological polar surface area (TPSA) is 29.3 Å². The van der Waals surface area contributed by atoms with E-state index in [1.54, 1.807) is 0 Å². The van der Waals surface area contributed by atoms with Gasteiger partial charge in [0.15, 0.2) is 0 Å². The molecule has 0 aromatic heterocycles. The SMILES string of the molecule is CC(C)CN(C1CCCC1)C1(CN)CCC(C)(C)CC1. The molecule has 0 bridgehead atoms. The van der Waals surface area contributed by atoms with E-state index in [1.165, 1.54) is 57.9 Å². The zero-order valence-electron chi connectivity index (χ0n) is 14.3. The molecule has 0 aromatic rings. The Bertz CT molecular complexity index is 293. The molecule has 0 aromatic carbocycles. The van der Waals surface area contributed by atoms with Crippen LogP contribution in [0.2, 0.25) is 0 Å². The molecule has 2 aliphatic carbocycles. The number of hydrogen-bond donors (Lipinski definition) is 1. The minimum absolute atomic E-state index is 0.300. The van der Waals surface area contributed by atoms with Gasteiger partial charge in [-0.2, -0.15) is 0 Å². The lowest BCUT2D eigenvalue weighted by Crippen LogP contribution is -2.60. The first-order valence-electron chi connectivity index (χ1n) is 8.85. The number of nitrogens with two attached hydrogens (primary N) is 1. The number of rotatable bonds is 5. The highest BCUT2D eigenvalue weighted by atomic mass is 15.2. The fourth-order valence-corrected chi connectivity index (χ4v) is 4.34. The molecule has 0 aliphatic heterocycles. The molecule has 2 aliphatic rings. The molecule has 0 saturated heterocycles. The largest absolute Gasteiger partial charge is 0.329 e. The van der Waals surface area contributed by atoms with Crippen molar-refractivity contribution >= 4 is 0 Å². The number of hydrogen-bond acceptors (Lipinski definition) is 2. The predicted molar refractivity (Wildman–Crippen MR) is 87.8 cm³/mol. The van der Waals surface area contributed by atoms with E-state index in [-0.39, 0.29) is 0 Å². The first-order valence-corrected chi connectivity index (χ1v) is 8.85. The Kier molecular flexibility index (Phi) is 5.18. The van der Waals surface area contributed by atoms with Gasteiger partial charge in [0.2, 0.25) is 0 Å². The molecule has 2 rings (SSSR count). The van der Waals surface area contributed by atoms with Crippen LogP contribution < -0.4 is 5.73 Å². The minimum atomic E-state index is 0.300. The van der Waals surface area contributed by atoms with Gasteiger partial charge >= 0.3 is 0 Å². The molecule has 2 fully saturated rings. The van der Waals surface area contributed by atoms with E-state index in [4.69, 9.17) is 5.73 Å². The van der Waals surface area contributed by atoms with Crippen molar-refractivity contribution in [3.8, 4) is 0 Å². The summed E-state index contributed by atoms with van der Waals surface area (Å²) in [6, 6.07) is 0.808. The highest BCUT2D eigenvalue weighted by Crippen LogP contribution is 2.45. The van der Waals surface area contributed by atoms with Crippen molar-refractivity contribution in [1.82, 2.24) is 4.90 Å². The quantitative estimate of drug-likeness (QED) is 0.818. The van der Waals surface area contributed by atoms with Crippen molar-refractivity contribution in [1.29, 1.82) is 0 Å². The molecule has 118 valence electrons. The lowest BCUT2D eigenvalue weighted by atomic mass is 9.68. The Labute approximate surface area is 126 Å². The van der Waals surface area contributed by atoms with Gasteiger partial charge in [-0.25, -0.2) is 0 Å². The molecular weight excluding hydrogens is 244 g/mol. The summed E-state index contributed by atoms with van der Waals surface area (Å²) in [5.74, 6) is 0.744. The molecule has 0 spiro atoms. The molecule has 0 amide bonds. The van der Waals surface area contributed by atoms with E-state index in [0.717, 1.165) is 18.5 Å². The maximum absolute atomic E-state index is 6.33. The third kappa shape index (κ3) is 3.57. The lowest BCUT2D eigenvalue weighted by Gasteiger charge is -2.52. The van der Waals surface area contributed by atoms with Crippen LogP contribution in [-0.2, 0) is 0 Å². The Balaban J connectivity index is 2.15. The van der Waals surface area contributed by atoms with Gasteiger partial charge in [0.05, 0.1) is 0 Å². The van der Waals surface area contributed by atoms with Crippen LogP contribution in [0.15, 0.2) is 0 Å². The van der Waals surface area contributed by atoms with Gasteiger partial charge < -0.3 is 5.73 Å². The van der Waals surface area contributed by atoms with Crippen LogP contribution in [0.4, 0.5) is 0 Å². The maximum atomic E-state index is 6.33. The maximum Gasteiger partial charge on any atom is 0.0335 e. The third-order valence-electron chi connectivity index (χ3n) is 5.85. The lowest BCUT2D eigenvalue weighted by molar-refractivity contribution is -0.0132. The van der Waals surface area contributed by atoms with Crippen molar-refractivity contribution < 1.29 is 0 Å². The molecule has 0 unspecified atom stereocenters. The Morgan fingerprint density at radius 2 is 1.60 bits per heavy atom. The second kappa shape index (κ2) is 6.36. The van der Waals surface area contributed by atoms with Crippen LogP contribution in [0, 0.1) is 11.3 Å². The van der Waals surface area contributed by atoms with Gasteiger partial charge in [0, 0.05) is 24.7 Å². The minimum Gasteiger partial charge on any atom is -0.329 e. The van der Waals surface area contributed by atoms with Crippen LogP contribution in [0.3, 0.4) is 0 Å². The molecule has 2 N–H and O–H groups in total. The average molecular weight is 280 g/mol. The molecule has 0 atom stereocenters. The van der Waals surface area contributed by atoms with Gasteiger partial charge in [0.1, 0.15) is 0 Å². The molecular formula is C18H36N2. The third-order valence-corrected chi connectivity index (χ3v) is 5.85.